The Labute approximate surface area is 122 Å². The van der Waals surface area contributed by atoms with Crippen LogP contribution in [0, 0.1) is 0 Å². The number of nitrogens with zero attached hydrogens (tertiary/aromatic N) is 1. The van der Waals surface area contributed by atoms with Crippen molar-refractivity contribution in [1.82, 2.24) is 9.62 Å². The van der Waals surface area contributed by atoms with Gasteiger partial charge in [0.05, 0.1) is 4.90 Å². The van der Waals surface area contributed by atoms with Gasteiger partial charge in [-0.15, -0.1) is 6.58 Å². The molecule has 1 aromatic carbocycles. The molecular weight excluding hydrogens is 272 g/mol. The minimum absolute atomic E-state index is 0.341. The van der Waals surface area contributed by atoms with Gasteiger partial charge in [0.1, 0.15) is 0 Å². The highest BCUT2D eigenvalue weighted by Crippen LogP contribution is 2.17. The minimum Gasteiger partial charge on any atom is -0.313 e. The van der Waals surface area contributed by atoms with Crippen molar-refractivity contribution < 1.29 is 8.42 Å². The van der Waals surface area contributed by atoms with E-state index >= 15 is 0 Å². The Hall–Kier alpha value is -1.17. The zero-order chi connectivity index (χ0) is 15.0. The molecule has 0 aliphatic heterocycles. The molecule has 112 valence electrons. The van der Waals surface area contributed by atoms with Crippen LogP contribution in [-0.2, 0) is 16.6 Å². The Morgan fingerprint density at radius 3 is 2.70 bits per heavy atom. The third-order valence-corrected chi connectivity index (χ3v) is 4.78. The fourth-order valence-corrected chi connectivity index (χ4v) is 3.51. The molecule has 4 nitrogen and oxygen atoms in total. The monoisotopic (exact) mass is 296 g/mol. The molecule has 20 heavy (non-hydrogen) atoms. The molecule has 0 radical (unpaired) electrons. The number of benzene rings is 1. The summed E-state index contributed by atoms with van der Waals surface area (Å²) in [5.41, 5.74) is 0.975. The molecule has 1 N–H and O–H groups in total. The van der Waals surface area contributed by atoms with E-state index in [0.717, 1.165) is 18.5 Å². The Balaban J connectivity index is 3.03. The zero-order valence-electron chi connectivity index (χ0n) is 12.3. The van der Waals surface area contributed by atoms with Crippen molar-refractivity contribution in [3.63, 3.8) is 0 Å². The smallest absolute Gasteiger partial charge is 0.243 e. The Morgan fingerprint density at radius 2 is 2.10 bits per heavy atom. The summed E-state index contributed by atoms with van der Waals surface area (Å²) >= 11 is 0. The third-order valence-electron chi connectivity index (χ3n) is 2.92. The van der Waals surface area contributed by atoms with Crippen LogP contribution in [-0.4, -0.2) is 32.4 Å². The van der Waals surface area contributed by atoms with Crippen LogP contribution in [0.15, 0.2) is 41.8 Å². The van der Waals surface area contributed by atoms with E-state index in [1.165, 1.54) is 4.31 Å². The van der Waals surface area contributed by atoms with E-state index in [1.54, 1.807) is 24.3 Å². The highest BCUT2D eigenvalue weighted by atomic mass is 32.2. The van der Waals surface area contributed by atoms with Gasteiger partial charge < -0.3 is 5.32 Å². The second kappa shape index (κ2) is 8.19. The molecule has 0 spiro atoms. The second-order valence-electron chi connectivity index (χ2n) is 4.58. The van der Waals surface area contributed by atoms with Crippen molar-refractivity contribution >= 4 is 10.0 Å². The molecule has 0 aliphatic carbocycles. The van der Waals surface area contributed by atoms with Crippen LogP contribution in [0.4, 0.5) is 0 Å². The lowest BCUT2D eigenvalue weighted by atomic mass is 10.2. The molecule has 0 aliphatic rings. The van der Waals surface area contributed by atoms with Crippen molar-refractivity contribution in [2.24, 2.45) is 0 Å². The average Bonchev–Trinajstić information content (AvgIpc) is 2.45. The first-order valence-electron chi connectivity index (χ1n) is 6.97. The van der Waals surface area contributed by atoms with Crippen LogP contribution in [0.2, 0.25) is 0 Å². The average molecular weight is 296 g/mol. The van der Waals surface area contributed by atoms with E-state index in [2.05, 4.69) is 11.9 Å². The van der Waals surface area contributed by atoms with Crippen molar-refractivity contribution in [3.8, 4) is 0 Å². The maximum atomic E-state index is 12.6. The molecular formula is C15H24N2O2S. The Kier molecular flexibility index (Phi) is 6.91. The molecule has 0 unspecified atom stereocenters. The molecule has 5 heteroatoms. The quantitative estimate of drug-likeness (QED) is 0.712. The summed E-state index contributed by atoms with van der Waals surface area (Å²) in [5.74, 6) is 0. The van der Waals surface area contributed by atoms with Gasteiger partial charge in [-0.2, -0.15) is 4.31 Å². The molecule has 1 aromatic rings. The maximum Gasteiger partial charge on any atom is 0.243 e. The number of sulfonamides is 1. The van der Waals surface area contributed by atoms with Gasteiger partial charge in [0.2, 0.25) is 10.0 Å². The van der Waals surface area contributed by atoms with Crippen molar-refractivity contribution in [2.45, 2.75) is 31.7 Å². The molecule has 0 saturated carbocycles. The highest BCUT2D eigenvalue weighted by Gasteiger charge is 2.22. The number of hydrogen-bond acceptors (Lipinski definition) is 3. The number of nitrogens with one attached hydrogen (secondary N) is 1. The largest absolute Gasteiger partial charge is 0.313 e. The molecule has 0 aromatic heterocycles. The lowest BCUT2D eigenvalue weighted by Gasteiger charge is -2.20. The molecule has 1 rings (SSSR count). The van der Waals surface area contributed by atoms with E-state index in [0.29, 0.717) is 24.5 Å². The van der Waals surface area contributed by atoms with Crippen LogP contribution < -0.4 is 5.32 Å². The van der Waals surface area contributed by atoms with E-state index in [9.17, 15) is 8.42 Å². The highest BCUT2D eigenvalue weighted by molar-refractivity contribution is 7.89. The Morgan fingerprint density at radius 1 is 1.35 bits per heavy atom. The summed E-state index contributed by atoms with van der Waals surface area (Å²) in [6.45, 7) is 10.00. The first-order valence-corrected chi connectivity index (χ1v) is 8.41. The molecule has 0 heterocycles. The predicted molar refractivity (Wildman–Crippen MR) is 83.1 cm³/mol. The summed E-state index contributed by atoms with van der Waals surface area (Å²) in [7, 11) is -3.44. The molecule has 0 fully saturated rings. The van der Waals surface area contributed by atoms with Crippen molar-refractivity contribution in [2.75, 3.05) is 19.6 Å². The molecule has 0 saturated heterocycles. The van der Waals surface area contributed by atoms with Crippen LogP contribution in [0.3, 0.4) is 0 Å². The summed E-state index contributed by atoms with van der Waals surface area (Å²) in [6, 6.07) is 7.11. The van der Waals surface area contributed by atoms with Crippen LogP contribution in [0.25, 0.3) is 0 Å². The zero-order valence-corrected chi connectivity index (χ0v) is 13.1. The van der Waals surface area contributed by atoms with Crippen LogP contribution >= 0.6 is 0 Å². The van der Waals surface area contributed by atoms with E-state index in [1.807, 2.05) is 19.9 Å². The van der Waals surface area contributed by atoms with E-state index in [-0.39, 0.29) is 0 Å². The lowest BCUT2D eigenvalue weighted by Crippen LogP contribution is -2.32. The fourth-order valence-electron chi connectivity index (χ4n) is 1.94. The van der Waals surface area contributed by atoms with Gasteiger partial charge in [0.15, 0.2) is 0 Å². The van der Waals surface area contributed by atoms with Crippen molar-refractivity contribution in [1.29, 1.82) is 0 Å². The third kappa shape index (κ3) is 4.44. The summed E-state index contributed by atoms with van der Waals surface area (Å²) < 4.78 is 26.7. The maximum absolute atomic E-state index is 12.6. The van der Waals surface area contributed by atoms with Gasteiger partial charge in [-0.25, -0.2) is 8.42 Å². The standard InChI is InChI=1S/C15H24N2O2S/c1-4-10-17(11-5-2)20(18,19)15-9-7-8-14(12-15)13-16-6-3/h4,7-9,12,16H,1,5-6,10-11,13H2,2-3H3. The minimum atomic E-state index is -3.44. The Bertz CT molecular complexity index is 526. The van der Waals surface area contributed by atoms with Gasteiger partial charge in [-0.1, -0.05) is 32.1 Å². The summed E-state index contributed by atoms with van der Waals surface area (Å²) in [5, 5.41) is 3.20. The SMILES string of the molecule is C=CCN(CCC)S(=O)(=O)c1cccc(CNCC)c1. The van der Waals surface area contributed by atoms with Gasteiger partial charge in [-0.05, 0) is 30.7 Å². The predicted octanol–water partition coefficient (Wildman–Crippen LogP) is 2.38. The fraction of sp³-hybridized carbons (Fsp3) is 0.467. The second-order valence-corrected chi connectivity index (χ2v) is 6.52. The van der Waals surface area contributed by atoms with Gasteiger partial charge in [-0.3, -0.25) is 0 Å². The normalized spacial score (nSPS) is 11.8. The molecule has 0 amide bonds. The van der Waals surface area contributed by atoms with E-state index < -0.39 is 10.0 Å². The topological polar surface area (TPSA) is 49.4 Å². The van der Waals surface area contributed by atoms with Crippen LogP contribution in [0.5, 0.6) is 0 Å². The van der Waals surface area contributed by atoms with Crippen molar-refractivity contribution in [3.05, 3.63) is 42.5 Å². The summed E-state index contributed by atoms with van der Waals surface area (Å²) in [6.07, 6.45) is 2.40. The first-order chi connectivity index (χ1) is 9.56. The lowest BCUT2D eigenvalue weighted by molar-refractivity contribution is 0.441. The van der Waals surface area contributed by atoms with Crippen LogP contribution in [0.1, 0.15) is 25.8 Å². The number of hydrogen-bond donors (Lipinski definition) is 1. The molecule has 0 atom stereocenters. The first kappa shape index (κ1) is 16.9. The van der Waals surface area contributed by atoms with Gasteiger partial charge in [0, 0.05) is 19.6 Å². The van der Waals surface area contributed by atoms with Gasteiger partial charge >= 0.3 is 0 Å². The van der Waals surface area contributed by atoms with Gasteiger partial charge in [0.25, 0.3) is 0 Å². The summed E-state index contributed by atoms with van der Waals surface area (Å²) in [4.78, 5) is 0.350. The number of rotatable bonds is 9. The van der Waals surface area contributed by atoms with E-state index in [4.69, 9.17) is 0 Å². The molecule has 0 bridgehead atoms.